The van der Waals surface area contributed by atoms with Gasteiger partial charge in [0.25, 0.3) is 0 Å². The first-order chi connectivity index (χ1) is 6.27. The molecule has 0 saturated heterocycles. The van der Waals surface area contributed by atoms with E-state index in [0.29, 0.717) is 0 Å². The number of hydrogen-bond donors (Lipinski definition) is 1. The molecular formula is C11H21NO. The van der Waals surface area contributed by atoms with E-state index in [-0.39, 0.29) is 11.8 Å². The van der Waals surface area contributed by atoms with Crippen molar-refractivity contribution in [3.05, 3.63) is 0 Å². The molecule has 1 N–H and O–H groups in total. The maximum absolute atomic E-state index is 11.5. The van der Waals surface area contributed by atoms with Crippen LogP contribution in [0.4, 0.5) is 0 Å². The third-order valence-electron chi connectivity index (χ3n) is 2.84. The standard InChI is InChI=1S/C11H21NO/c1-3-4-5-10(11(13)12-2)8-9-6-7-9/h9-10H,3-8H2,1-2H3,(H,12,13). The van der Waals surface area contributed by atoms with Crippen LogP contribution in [0.3, 0.4) is 0 Å². The zero-order valence-electron chi connectivity index (χ0n) is 8.81. The van der Waals surface area contributed by atoms with Crippen molar-refractivity contribution in [1.29, 1.82) is 0 Å². The fourth-order valence-corrected chi connectivity index (χ4v) is 1.77. The minimum atomic E-state index is 0.250. The van der Waals surface area contributed by atoms with Gasteiger partial charge in [-0.2, -0.15) is 0 Å². The maximum atomic E-state index is 11.5. The normalized spacial score (nSPS) is 18.3. The van der Waals surface area contributed by atoms with Crippen LogP contribution < -0.4 is 5.32 Å². The van der Waals surface area contributed by atoms with E-state index >= 15 is 0 Å². The summed E-state index contributed by atoms with van der Waals surface area (Å²) in [7, 11) is 1.74. The molecule has 1 rings (SSSR count). The van der Waals surface area contributed by atoms with Crippen LogP contribution in [0, 0.1) is 11.8 Å². The fraction of sp³-hybridized carbons (Fsp3) is 0.909. The third kappa shape index (κ3) is 3.79. The summed E-state index contributed by atoms with van der Waals surface area (Å²) in [5, 5.41) is 2.77. The fourth-order valence-electron chi connectivity index (χ4n) is 1.77. The van der Waals surface area contributed by atoms with Crippen molar-refractivity contribution >= 4 is 5.91 Å². The first-order valence-electron chi connectivity index (χ1n) is 5.49. The predicted molar refractivity (Wildman–Crippen MR) is 54.4 cm³/mol. The molecule has 0 spiro atoms. The Balaban J connectivity index is 2.27. The molecule has 0 radical (unpaired) electrons. The van der Waals surface area contributed by atoms with Crippen LogP contribution in [0.15, 0.2) is 0 Å². The molecule has 1 unspecified atom stereocenters. The molecule has 1 saturated carbocycles. The first kappa shape index (κ1) is 10.6. The number of nitrogens with one attached hydrogen (secondary N) is 1. The van der Waals surface area contributed by atoms with E-state index in [1.54, 1.807) is 7.05 Å². The molecule has 1 atom stereocenters. The highest BCUT2D eigenvalue weighted by Gasteiger charge is 2.28. The van der Waals surface area contributed by atoms with Crippen LogP contribution in [0.5, 0.6) is 0 Å². The lowest BCUT2D eigenvalue weighted by Gasteiger charge is -2.14. The van der Waals surface area contributed by atoms with Gasteiger partial charge in [-0.15, -0.1) is 0 Å². The monoisotopic (exact) mass is 183 g/mol. The molecule has 13 heavy (non-hydrogen) atoms. The van der Waals surface area contributed by atoms with Gasteiger partial charge in [-0.1, -0.05) is 32.6 Å². The quantitative estimate of drug-likeness (QED) is 0.673. The van der Waals surface area contributed by atoms with Crippen LogP contribution in [0.2, 0.25) is 0 Å². The molecule has 1 aliphatic carbocycles. The highest BCUT2D eigenvalue weighted by Crippen LogP contribution is 2.36. The molecule has 0 heterocycles. The predicted octanol–water partition coefficient (Wildman–Crippen LogP) is 2.34. The number of unbranched alkanes of at least 4 members (excludes halogenated alkanes) is 1. The Morgan fingerprint density at radius 2 is 2.23 bits per heavy atom. The van der Waals surface area contributed by atoms with Crippen molar-refractivity contribution in [3.63, 3.8) is 0 Å². The Labute approximate surface area is 81.1 Å². The van der Waals surface area contributed by atoms with Gasteiger partial charge < -0.3 is 5.32 Å². The largest absolute Gasteiger partial charge is 0.359 e. The Kier molecular flexibility index (Phi) is 4.26. The Hall–Kier alpha value is -0.530. The molecule has 0 aromatic heterocycles. The summed E-state index contributed by atoms with van der Waals surface area (Å²) in [6.07, 6.45) is 7.27. The van der Waals surface area contributed by atoms with Crippen LogP contribution >= 0.6 is 0 Å². The highest BCUT2D eigenvalue weighted by atomic mass is 16.1. The SMILES string of the molecule is CCCCC(CC1CC1)C(=O)NC. The second-order valence-electron chi connectivity index (χ2n) is 4.13. The van der Waals surface area contributed by atoms with Crippen molar-refractivity contribution < 1.29 is 4.79 Å². The van der Waals surface area contributed by atoms with E-state index in [4.69, 9.17) is 0 Å². The summed E-state index contributed by atoms with van der Waals surface area (Å²) in [5.74, 6) is 1.40. The Morgan fingerprint density at radius 1 is 1.54 bits per heavy atom. The summed E-state index contributed by atoms with van der Waals surface area (Å²) in [5.41, 5.74) is 0. The summed E-state index contributed by atoms with van der Waals surface area (Å²) in [6, 6.07) is 0. The molecule has 2 heteroatoms. The van der Waals surface area contributed by atoms with E-state index in [2.05, 4.69) is 12.2 Å². The van der Waals surface area contributed by atoms with Gasteiger partial charge in [-0.3, -0.25) is 4.79 Å². The summed E-state index contributed by atoms with van der Waals surface area (Å²) >= 11 is 0. The maximum Gasteiger partial charge on any atom is 0.222 e. The number of hydrogen-bond acceptors (Lipinski definition) is 1. The van der Waals surface area contributed by atoms with Gasteiger partial charge in [0.15, 0.2) is 0 Å². The summed E-state index contributed by atoms with van der Waals surface area (Å²) < 4.78 is 0. The topological polar surface area (TPSA) is 29.1 Å². The lowest BCUT2D eigenvalue weighted by atomic mass is 9.95. The zero-order valence-corrected chi connectivity index (χ0v) is 8.81. The van der Waals surface area contributed by atoms with E-state index in [0.717, 1.165) is 18.8 Å². The molecule has 0 aromatic rings. The lowest BCUT2D eigenvalue weighted by Crippen LogP contribution is -2.27. The average Bonchev–Trinajstić information content (AvgIpc) is 2.94. The first-order valence-corrected chi connectivity index (χ1v) is 5.49. The van der Waals surface area contributed by atoms with E-state index in [1.165, 1.54) is 25.7 Å². The van der Waals surface area contributed by atoms with Crippen molar-refractivity contribution in [2.45, 2.75) is 45.4 Å². The molecule has 1 aliphatic rings. The Bertz CT molecular complexity index is 163. The van der Waals surface area contributed by atoms with Crippen molar-refractivity contribution in [3.8, 4) is 0 Å². The van der Waals surface area contributed by atoms with E-state index in [9.17, 15) is 4.79 Å². The van der Waals surface area contributed by atoms with Crippen molar-refractivity contribution in [1.82, 2.24) is 5.32 Å². The summed E-state index contributed by atoms with van der Waals surface area (Å²) in [4.78, 5) is 11.5. The molecule has 0 aliphatic heterocycles. The molecule has 0 bridgehead atoms. The van der Waals surface area contributed by atoms with Gasteiger partial charge in [0.2, 0.25) is 5.91 Å². The molecule has 1 fully saturated rings. The Morgan fingerprint density at radius 3 is 2.69 bits per heavy atom. The second-order valence-corrected chi connectivity index (χ2v) is 4.13. The summed E-state index contributed by atoms with van der Waals surface area (Å²) in [6.45, 7) is 2.18. The molecule has 2 nitrogen and oxygen atoms in total. The lowest BCUT2D eigenvalue weighted by molar-refractivity contribution is -0.125. The second kappa shape index (κ2) is 5.25. The van der Waals surface area contributed by atoms with Crippen LogP contribution in [0.25, 0.3) is 0 Å². The van der Waals surface area contributed by atoms with Gasteiger partial charge >= 0.3 is 0 Å². The van der Waals surface area contributed by atoms with Crippen LogP contribution in [-0.4, -0.2) is 13.0 Å². The van der Waals surface area contributed by atoms with Gasteiger partial charge in [0.05, 0.1) is 0 Å². The van der Waals surface area contributed by atoms with Gasteiger partial charge in [-0.05, 0) is 18.8 Å². The molecule has 1 amide bonds. The van der Waals surface area contributed by atoms with E-state index < -0.39 is 0 Å². The minimum Gasteiger partial charge on any atom is -0.359 e. The molecular weight excluding hydrogens is 162 g/mol. The average molecular weight is 183 g/mol. The van der Waals surface area contributed by atoms with Crippen LogP contribution in [0.1, 0.15) is 45.4 Å². The van der Waals surface area contributed by atoms with Gasteiger partial charge in [-0.25, -0.2) is 0 Å². The van der Waals surface area contributed by atoms with E-state index in [1.807, 2.05) is 0 Å². The minimum absolute atomic E-state index is 0.250. The number of carbonyl (C=O) groups excluding carboxylic acids is 1. The number of amides is 1. The number of rotatable bonds is 6. The zero-order chi connectivity index (χ0) is 9.68. The molecule has 0 aromatic carbocycles. The van der Waals surface area contributed by atoms with Gasteiger partial charge in [0.1, 0.15) is 0 Å². The molecule has 76 valence electrons. The van der Waals surface area contributed by atoms with Crippen LogP contribution in [-0.2, 0) is 4.79 Å². The van der Waals surface area contributed by atoms with Gasteiger partial charge in [0, 0.05) is 13.0 Å². The third-order valence-corrected chi connectivity index (χ3v) is 2.84. The highest BCUT2D eigenvalue weighted by molar-refractivity contribution is 5.78. The smallest absolute Gasteiger partial charge is 0.222 e. The van der Waals surface area contributed by atoms with Crippen molar-refractivity contribution in [2.75, 3.05) is 7.05 Å². The van der Waals surface area contributed by atoms with Crippen molar-refractivity contribution in [2.24, 2.45) is 11.8 Å². The number of carbonyl (C=O) groups is 1.